The fourth-order valence-corrected chi connectivity index (χ4v) is 2.19. The monoisotopic (exact) mass is 357 g/mol. The maximum absolute atomic E-state index is 11.2. The van der Waals surface area contributed by atoms with E-state index in [1.807, 2.05) is 0 Å². The van der Waals surface area contributed by atoms with Crippen molar-refractivity contribution < 1.29 is 23.6 Å². The molecule has 134 valence electrons. The van der Waals surface area contributed by atoms with Gasteiger partial charge in [-0.05, 0) is 36.4 Å². The predicted octanol–water partition coefficient (Wildman–Crippen LogP) is 3.24. The lowest BCUT2D eigenvalue weighted by Gasteiger charge is -2.06. The Morgan fingerprint density at radius 3 is 2.38 bits per heavy atom. The number of methoxy groups -OCH3 is 2. The van der Waals surface area contributed by atoms with E-state index >= 15 is 0 Å². The summed E-state index contributed by atoms with van der Waals surface area (Å²) in [7, 11) is 3.01. The second kappa shape index (κ2) is 7.51. The number of rotatable bonds is 7. The van der Waals surface area contributed by atoms with E-state index in [0.717, 1.165) is 5.56 Å². The van der Waals surface area contributed by atoms with Gasteiger partial charge in [-0.1, -0.05) is 0 Å². The molecule has 26 heavy (non-hydrogen) atoms. The molecule has 0 spiro atoms. The number of ether oxygens (including phenoxy) is 3. The molecule has 0 aliphatic carbocycles. The van der Waals surface area contributed by atoms with Crippen LogP contribution in [0.25, 0.3) is 11.5 Å². The van der Waals surface area contributed by atoms with Crippen molar-refractivity contribution in [1.29, 1.82) is 0 Å². The fraction of sp³-hybridized carbons (Fsp3) is 0.176. The lowest BCUT2D eigenvalue weighted by molar-refractivity contribution is -0.386. The van der Waals surface area contributed by atoms with Crippen molar-refractivity contribution in [3.05, 3.63) is 58.5 Å². The number of nitro benzene ring substituents is 1. The Kier molecular flexibility index (Phi) is 4.97. The summed E-state index contributed by atoms with van der Waals surface area (Å²) in [6.07, 6.45) is 0. The number of hydrogen-bond donors (Lipinski definition) is 0. The summed E-state index contributed by atoms with van der Waals surface area (Å²) < 4.78 is 21.1. The van der Waals surface area contributed by atoms with Gasteiger partial charge in [0.15, 0.2) is 12.4 Å². The third kappa shape index (κ3) is 3.72. The number of hydrogen-bond acceptors (Lipinski definition) is 8. The van der Waals surface area contributed by atoms with Crippen LogP contribution in [0.3, 0.4) is 0 Å². The van der Waals surface area contributed by atoms with Gasteiger partial charge in [0.2, 0.25) is 5.89 Å². The molecule has 0 unspecified atom stereocenters. The molecule has 1 aromatic heterocycles. The van der Waals surface area contributed by atoms with Gasteiger partial charge in [-0.15, -0.1) is 10.2 Å². The average molecular weight is 357 g/mol. The molecule has 0 aliphatic heterocycles. The highest BCUT2D eigenvalue weighted by Gasteiger charge is 2.18. The van der Waals surface area contributed by atoms with Gasteiger partial charge in [-0.2, -0.15) is 0 Å². The first-order valence-electron chi connectivity index (χ1n) is 7.52. The minimum Gasteiger partial charge on any atom is -0.497 e. The number of benzene rings is 2. The third-order valence-corrected chi connectivity index (χ3v) is 3.52. The number of nitrogens with zero attached hydrogens (tertiary/aromatic N) is 3. The topological polar surface area (TPSA) is 110 Å². The zero-order chi connectivity index (χ0) is 18.5. The third-order valence-electron chi connectivity index (χ3n) is 3.52. The predicted molar refractivity (Wildman–Crippen MR) is 90.3 cm³/mol. The largest absolute Gasteiger partial charge is 0.497 e. The van der Waals surface area contributed by atoms with Crippen LogP contribution >= 0.6 is 0 Å². The maximum Gasteiger partial charge on any atom is 0.314 e. The van der Waals surface area contributed by atoms with E-state index in [1.54, 1.807) is 37.4 Å². The van der Waals surface area contributed by atoms with Crippen LogP contribution < -0.4 is 14.2 Å². The molecule has 9 nitrogen and oxygen atoms in total. The second-order valence-electron chi connectivity index (χ2n) is 5.11. The number of nitro groups is 1. The van der Waals surface area contributed by atoms with E-state index in [2.05, 4.69) is 10.2 Å². The van der Waals surface area contributed by atoms with Crippen LogP contribution in [0, 0.1) is 10.1 Å². The smallest absolute Gasteiger partial charge is 0.314 e. The van der Waals surface area contributed by atoms with E-state index < -0.39 is 4.92 Å². The zero-order valence-electron chi connectivity index (χ0n) is 14.0. The van der Waals surface area contributed by atoms with E-state index in [4.69, 9.17) is 18.6 Å². The van der Waals surface area contributed by atoms with Crippen molar-refractivity contribution in [3.8, 4) is 28.7 Å². The van der Waals surface area contributed by atoms with Crippen LogP contribution in [-0.4, -0.2) is 29.3 Å². The minimum absolute atomic E-state index is 0.0833. The van der Waals surface area contributed by atoms with Crippen LogP contribution in [0.15, 0.2) is 46.9 Å². The normalized spacial score (nSPS) is 10.4. The summed E-state index contributed by atoms with van der Waals surface area (Å²) >= 11 is 0. The van der Waals surface area contributed by atoms with Gasteiger partial charge in [-0.3, -0.25) is 10.1 Å². The lowest BCUT2D eigenvalue weighted by Crippen LogP contribution is -2.00. The first kappa shape index (κ1) is 17.2. The van der Waals surface area contributed by atoms with Gasteiger partial charge in [0.05, 0.1) is 25.2 Å². The Labute approximate surface area is 148 Å². The average Bonchev–Trinajstić information content (AvgIpc) is 3.15. The van der Waals surface area contributed by atoms with Gasteiger partial charge in [0.25, 0.3) is 5.89 Å². The van der Waals surface area contributed by atoms with Crippen LogP contribution in [-0.2, 0) is 6.61 Å². The standard InChI is InChI=1S/C17H15N3O6/c1-23-12-5-3-11(4-6-12)17-19-18-16(26-17)10-25-15-8-7-13(24-2)9-14(15)20(21)22/h3-9H,10H2,1-2H3. The Hall–Kier alpha value is -3.62. The zero-order valence-corrected chi connectivity index (χ0v) is 14.0. The number of aromatic nitrogens is 2. The molecular weight excluding hydrogens is 342 g/mol. The van der Waals surface area contributed by atoms with Crippen molar-refractivity contribution in [3.63, 3.8) is 0 Å². The van der Waals surface area contributed by atoms with Crippen molar-refractivity contribution in [1.82, 2.24) is 10.2 Å². The Balaban J connectivity index is 1.73. The van der Waals surface area contributed by atoms with Crippen molar-refractivity contribution in [2.75, 3.05) is 14.2 Å². The van der Waals surface area contributed by atoms with E-state index in [-0.39, 0.29) is 23.9 Å². The quantitative estimate of drug-likeness (QED) is 0.468. The first-order chi connectivity index (χ1) is 12.6. The minimum atomic E-state index is -0.547. The highest BCUT2D eigenvalue weighted by atomic mass is 16.6. The molecular formula is C17H15N3O6. The Morgan fingerprint density at radius 2 is 1.73 bits per heavy atom. The highest BCUT2D eigenvalue weighted by Crippen LogP contribution is 2.31. The molecule has 0 N–H and O–H groups in total. The van der Waals surface area contributed by atoms with E-state index in [1.165, 1.54) is 19.2 Å². The van der Waals surface area contributed by atoms with Gasteiger partial charge >= 0.3 is 5.69 Å². The van der Waals surface area contributed by atoms with Crippen LogP contribution in [0.1, 0.15) is 5.89 Å². The molecule has 9 heteroatoms. The highest BCUT2D eigenvalue weighted by molar-refractivity contribution is 5.54. The van der Waals surface area contributed by atoms with Crippen LogP contribution in [0.4, 0.5) is 5.69 Å². The lowest BCUT2D eigenvalue weighted by atomic mass is 10.2. The molecule has 0 amide bonds. The molecule has 0 radical (unpaired) electrons. The first-order valence-corrected chi connectivity index (χ1v) is 7.52. The van der Waals surface area contributed by atoms with E-state index in [9.17, 15) is 10.1 Å². The van der Waals surface area contributed by atoms with Crippen molar-refractivity contribution in [2.45, 2.75) is 6.61 Å². The van der Waals surface area contributed by atoms with Crippen LogP contribution in [0.5, 0.6) is 17.2 Å². The molecule has 1 heterocycles. The molecule has 0 saturated carbocycles. The SMILES string of the molecule is COc1ccc(-c2nnc(COc3ccc(OC)cc3[N+](=O)[O-])o2)cc1. The molecule has 0 saturated heterocycles. The van der Waals surface area contributed by atoms with Gasteiger partial charge in [-0.25, -0.2) is 0 Å². The van der Waals surface area contributed by atoms with Gasteiger partial charge in [0.1, 0.15) is 11.5 Å². The van der Waals surface area contributed by atoms with Crippen molar-refractivity contribution in [2.24, 2.45) is 0 Å². The van der Waals surface area contributed by atoms with Crippen molar-refractivity contribution >= 4 is 5.69 Å². The molecule has 0 fully saturated rings. The molecule has 0 atom stereocenters. The summed E-state index contributed by atoms with van der Waals surface area (Å²) in [6.45, 7) is -0.101. The second-order valence-corrected chi connectivity index (χ2v) is 5.11. The summed E-state index contributed by atoms with van der Waals surface area (Å²) in [6, 6.07) is 11.4. The maximum atomic E-state index is 11.2. The van der Waals surface area contributed by atoms with Gasteiger partial charge in [0, 0.05) is 5.56 Å². The Morgan fingerprint density at radius 1 is 1.04 bits per heavy atom. The molecule has 0 bridgehead atoms. The van der Waals surface area contributed by atoms with Gasteiger partial charge < -0.3 is 18.6 Å². The summed E-state index contributed by atoms with van der Waals surface area (Å²) in [5, 5.41) is 19.0. The molecule has 3 aromatic rings. The summed E-state index contributed by atoms with van der Waals surface area (Å²) in [5.74, 6) is 1.67. The van der Waals surface area contributed by atoms with E-state index in [0.29, 0.717) is 17.4 Å². The molecule has 3 rings (SSSR count). The fourth-order valence-electron chi connectivity index (χ4n) is 2.19. The summed E-state index contributed by atoms with van der Waals surface area (Å²) in [4.78, 5) is 10.6. The molecule has 0 aliphatic rings. The Bertz CT molecular complexity index is 907. The summed E-state index contributed by atoms with van der Waals surface area (Å²) in [5.41, 5.74) is 0.513. The molecule has 2 aromatic carbocycles. The van der Waals surface area contributed by atoms with Crippen LogP contribution in [0.2, 0.25) is 0 Å².